The first-order valence-electron chi connectivity index (χ1n) is 22.9. The van der Waals surface area contributed by atoms with Gasteiger partial charge in [-0.3, -0.25) is 34.5 Å². The minimum Gasteiger partial charge on any atom is -0.391 e. The summed E-state index contributed by atoms with van der Waals surface area (Å²) in [7, 11) is 4.72. The molecule has 1 aliphatic carbocycles. The van der Waals surface area contributed by atoms with E-state index >= 15 is 0 Å². The highest BCUT2D eigenvalue weighted by Crippen LogP contribution is 2.27. The zero-order chi connectivity index (χ0) is 51.8. The molecule has 378 valence electrons. The van der Waals surface area contributed by atoms with E-state index in [9.17, 15) is 19.5 Å². The number of halogens is 1. The molecule has 5 rings (SSSR count). The quantitative estimate of drug-likeness (QED) is 0.0277. The van der Waals surface area contributed by atoms with Crippen molar-refractivity contribution in [3.8, 4) is 11.8 Å². The Balaban J connectivity index is 0.00000296. The number of aliphatic hydroxyl groups excluding tert-OH is 1. The molecule has 1 heterocycles. The summed E-state index contributed by atoms with van der Waals surface area (Å²) in [4.78, 5) is 63.7. The van der Waals surface area contributed by atoms with Crippen molar-refractivity contribution in [2.45, 2.75) is 89.9 Å². The standard InChI is InChI=1S/C42H49ClN8O4.C5H12.CH3NO.2CH5N.CH2O/c1-44-26-40(43)42(48-41-9-4-3-7-33(41)29-53)47-36-14-18-38(19-15-36)51-22-20-50(21-23-51)37-16-12-35(13-17-37)45-25-39(55)8-5-6-31-10-11-32(28-52)34(24-31)27-49(2)46-30-54;1-3-5-4-2;2-1-3;3*1-2/h3-4,7,9-11,14-15,18-19,24,26,28-30,35,37,39,45,55H,1,8,12-13,16-17,20-23,25,27H2,2H3,(H,46,54)(H,47,48);3-5H2,1-2H3;1H,(H2,2,3);2*2H2,1H3;1H2/b40-26+;;;;;. The molecule has 1 aliphatic heterocycles. The van der Waals surface area contributed by atoms with Gasteiger partial charge in [-0.1, -0.05) is 74.8 Å². The third-order valence-corrected chi connectivity index (χ3v) is 10.9. The van der Waals surface area contributed by atoms with Crippen molar-refractivity contribution in [2.75, 3.05) is 64.1 Å². The second kappa shape index (κ2) is 39.9. The van der Waals surface area contributed by atoms with Crippen molar-refractivity contribution in [1.29, 1.82) is 0 Å². The number of aliphatic imine (C=N–C) groups is 2. The van der Waals surface area contributed by atoms with Gasteiger partial charge in [0.2, 0.25) is 12.8 Å². The highest BCUT2D eigenvalue weighted by Gasteiger charge is 2.28. The number of anilines is 2. The molecule has 69 heavy (non-hydrogen) atoms. The molecule has 0 aromatic heterocycles. The summed E-state index contributed by atoms with van der Waals surface area (Å²) in [6.45, 7) is 14.7. The highest BCUT2D eigenvalue weighted by molar-refractivity contribution is 6.45. The van der Waals surface area contributed by atoms with Crippen molar-refractivity contribution >= 4 is 73.4 Å². The van der Waals surface area contributed by atoms with Gasteiger partial charge in [-0.25, -0.2) is 10.0 Å². The molecular formula is C51H76ClN11O6. The number of rotatable bonds is 18. The minimum absolute atomic E-state index is 0.250. The number of unbranched alkanes of at least 4 members (excludes halogenated alkanes) is 2. The fourth-order valence-corrected chi connectivity index (χ4v) is 7.46. The predicted molar refractivity (Wildman–Crippen MR) is 283 cm³/mol. The zero-order valence-electron chi connectivity index (χ0n) is 41.1. The molecule has 0 bridgehead atoms. The normalized spacial score (nSPS) is 15.8. The maximum atomic E-state index is 11.5. The summed E-state index contributed by atoms with van der Waals surface area (Å²) >= 11 is 6.47. The Morgan fingerprint density at radius 1 is 0.913 bits per heavy atom. The van der Waals surface area contributed by atoms with Crippen molar-refractivity contribution < 1.29 is 29.1 Å². The number of piperazine rings is 1. The number of hydrazine groups is 1. The maximum absolute atomic E-state index is 11.5. The number of hydrogen-bond donors (Lipinski definition) is 7. The van der Waals surface area contributed by atoms with Crippen LogP contribution in [0.15, 0.2) is 87.9 Å². The molecule has 18 heteroatoms. The van der Waals surface area contributed by atoms with Crippen LogP contribution in [0.2, 0.25) is 0 Å². The van der Waals surface area contributed by atoms with Gasteiger partial charge in [0.05, 0.1) is 11.8 Å². The average Bonchev–Trinajstić information content (AvgIpc) is 3.39. The molecule has 3 aromatic carbocycles. The van der Waals surface area contributed by atoms with Gasteiger partial charge in [0.15, 0.2) is 12.1 Å². The van der Waals surface area contributed by atoms with E-state index < -0.39 is 6.10 Å². The van der Waals surface area contributed by atoms with Crippen LogP contribution in [0.1, 0.15) is 97.1 Å². The molecule has 17 nitrogen and oxygen atoms in total. The number of para-hydroxylation sites is 1. The summed E-state index contributed by atoms with van der Waals surface area (Å²) < 4.78 is 0. The molecule has 1 saturated carbocycles. The summed E-state index contributed by atoms with van der Waals surface area (Å²) in [5.74, 6) is 6.53. The van der Waals surface area contributed by atoms with Gasteiger partial charge in [0.1, 0.15) is 18.1 Å². The number of primary amides is 1. The van der Waals surface area contributed by atoms with Crippen LogP contribution in [0.4, 0.5) is 17.1 Å². The number of nitrogens with two attached hydrogens (primary N) is 3. The van der Waals surface area contributed by atoms with E-state index in [1.165, 1.54) is 39.6 Å². The lowest BCUT2D eigenvalue weighted by molar-refractivity contribution is -0.113. The number of aldehydes is 2. The number of aliphatic hydroxyl groups is 1. The summed E-state index contributed by atoms with van der Waals surface area (Å²) in [6.07, 6.45) is 12.0. The number of carbonyl (C=O) groups excluding carboxylic acids is 5. The van der Waals surface area contributed by atoms with Crippen molar-refractivity contribution in [1.82, 2.24) is 20.7 Å². The molecule has 2 aliphatic rings. The number of carbonyl (C=O) groups is 5. The number of benzene rings is 3. The van der Waals surface area contributed by atoms with Crippen LogP contribution in [0.3, 0.4) is 0 Å². The van der Waals surface area contributed by atoms with Crippen LogP contribution in [0.5, 0.6) is 0 Å². The molecule has 10 N–H and O–H groups in total. The maximum Gasteiger partial charge on any atom is 0.221 e. The first kappa shape index (κ1) is 62.9. The zero-order valence-corrected chi connectivity index (χ0v) is 41.9. The fourth-order valence-electron chi connectivity index (χ4n) is 7.30. The summed E-state index contributed by atoms with van der Waals surface area (Å²) in [5.41, 5.74) is 20.7. The molecule has 2 fully saturated rings. The molecule has 1 atom stereocenters. The monoisotopic (exact) mass is 974 g/mol. The van der Waals surface area contributed by atoms with Gasteiger partial charge in [-0.15, -0.1) is 0 Å². The Hall–Kier alpha value is -6.10. The van der Waals surface area contributed by atoms with Crippen LogP contribution in [-0.4, -0.2) is 132 Å². The van der Waals surface area contributed by atoms with Crippen LogP contribution in [0, 0.1) is 11.8 Å². The molecule has 0 radical (unpaired) electrons. The molecule has 1 saturated heterocycles. The molecule has 2 amide bonds. The van der Waals surface area contributed by atoms with Gasteiger partial charge in [0.25, 0.3) is 0 Å². The number of nitrogens with zero attached hydrogens (tertiary/aromatic N) is 5. The second-order valence-electron chi connectivity index (χ2n) is 15.2. The van der Waals surface area contributed by atoms with Gasteiger partial charge < -0.3 is 42.6 Å². The summed E-state index contributed by atoms with van der Waals surface area (Å²) in [6, 6.07) is 21.5. The van der Waals surface area contributed by atoms with E-state index in [4.69, 9.17) is 21.2 Å². The smallest absolute Gasteiger partial charge is 0.221 e. The van der Waals surface area contributed by atoms with Crippen LogP contribution in [0.25, 0.3) is 0 Å². The Labute approximate surface area is 415 Å². The number of nitrogens with one attached hydrogen (secondary N) is 3. The molecule has 0 spiro atoms. The first-order valence-corrected chi connectivity index (χ1v) is 23.3. The van der Waals surface area contributed by atoms with Crippen molar-refractivity contribution in [3.05, 3.63) is 100 Å². The lowest BCUT2D eigenvalue weighted by Crippen LogP contribution is -2.52. The topological polar surface area (TPSA) is 254 Å². The van der Waals surface area contributed by atoms with Crippen molar-refractivity contribution in [3.63, 3.8) is 0 Å². The van der Waals surface area contributed by atoms with Gasteiger partial charge in [0, 0.05) is 99.1 Å². The Bertz CT molecular complexity index is 2030. The number of amides is 2. The Morgan fingerprint density at radius 3 is 2.07 bits per heavy atom. The van der Waals surface area contributed by atoms with E-state index in [1.807, 2.05) is 31.1 Å². The Kier molecular flexibility index (Phi) is 36.3. The lowest BCUT2D eigenvalue weighted by Gasteiger charge is -2.42. The minimum atomic E-state index is -0.579. The van der Waals surface area contributed by atoms with Gasteiger partial charge >= 0.3 is 0 Å². The number of hydrogen-bond acceptors (Lipinski definition) is 14. The van der Waals surface area contributed by atoms with Crippen molar-refractivity contribution in [2.24, 2.45) is 27.2 Å². The molecule has 1 unspecified atom stereocenters. The van der Waals surface area contributed by atoms with Gasteiger partial charge in [-0.2, -0.15) is 0 Å². The highest BCUT2D eigenvalue weighted by atomic mass is 35.5. The number of amidine groups is 1. The second-order valence-corrected chi connectivity index (χ2v) is 15.6. The van der Waals surface area contributed by atoms with E-state index in [0.717, 1.165) is 86.9 Å². The summed E-state index contributed by atoms with van der Waals surface area (Å²) in [5, 5.41) is 19.3. The SMILES string of the molecule is C=N/C=C(/Cl)C(=Nc1ccccc1C=O)Nc1ccc(N2CCN(C3CCC(NCC(O)CC#Cc4ccc(C=O)c(CN(C)NC=O)c4)CC3)CC2)cc1.C=O.CCCCC.CN.CN.NC=O. The molecule has 3 aromatic rings. The van der Waals surface area contributed by atoms with Crippen LogP contribution < -0.4 is 38.2 Å². The molecular weight excluding hydrogens is 898 g/mol. The fraction of sp³-hybridized carbons (Fsp3) is 0.431. The van der Waals surface area contributed by atoms with E-state index in [2.05, 4.69) is 97.6 Å². The average molecular weight is 975 g/mol. The third-order valence-electron chi connectivity index (χ3n) is 10.6. The first-order chi connectivity index (χ1) is 33.6. The van der Waals surface area contributed by atoms with Gasteiger partial charge in [-0.05, 0) is 101 Å². The van der Waals surface area contributed by atoms with E-state index in [0.29, 0.717) is 60.7 Å². The van der Waals surface area contributed by atoms with Crippen LogP contribution in [-0.2, 0) is 20.9 Å². The Morgan fingerprint density at radius 2 is 1.52 bits per heavy atom. The lowest BCUT2D eigenvalue weighted by atomic mass is 9.89. The van der Waals surface area contributed by atoms with E-state index in [1.54, 1.807) is 42.4 Å². The van der Waals surface area contributed by atoms with E-state index in [-0.39, 0.29) is 11.4 Å². The predicted octanol–water partition coefficient (Wildman–Crippen LogP) is 5.42. The van der Waals surface area contributed by atoms with Crippen LogP contribution >= 0.6 is 11.6 Å². The third kappa shape index (κ3) is 24.7. The largest absolute Gasteiger partial charge is 0.391 e.